The first kappa shape index (κ1) is 23.5. The number of rotatable bonds is 8. The first-order valence-electron chi connectivity index (χ1n) is 9.15. The second kappa shape index (κ2) is 11.9. The molecule has 0 heterocycles. The van der Waals surface area contributed by atoms with Gasteiger partial charge in [0.05, 0.1) is 12.0 Å². The zero-order valence-electron chi connectivity index (χ0n) is 16.2. The van der Waals surface area contributed by atoms with Crippen molar-refractivity contribution in [2.45, 2.75) is 59.3 Å². The Morgan fingerprint density at radius 2 is 1.83 bits per heavy atom. The molecular formula is C18H37IN4O. The minimum Gasteiger partial charge on any atom is -0.357 e. The molecule has 1 saturated carbocycles. The molecule has 0 unspecified atom stereocenters. The van der Waals surface area contributed by atoms with E-state index in [9.17, 15) is 4.79 Å². The maximum atomic E-state index is 12.6. The van der Waals surface area contributed by atoms with Crippen LogP contribution in [0.4, 0.5) is 0 Å². The SMILES string of the molecule is CCNC(=NCC1(C(=O)N(C)C)CCCC1)NCCCC(C)C.I. The predicted octanol–water partition coefficient (Wildman–Crippen LogP) is 3.24. The molecule has 0 atom stereocenters. The van der Waals surface area contributed by atoms with Crippen LogP contribution >= 0.6 is 24.0 Å². The summed E-state index contributed by atoms with van der Waals surface area (Å²) in [5, 5.41) is 6.69. The normalized spacial score (nSPS) is 16.7. The van der Waals surface area contributed by atoms with E-state index >= 15 is 0 Å². The number of hydrogen-bond acceptors (Lipinski definition) is 2. The van der Waals surface area contributed by atoms with Crippen molar-refractivity contribution in [2.75, 3.05) is 33.7 Å². The van der Waals surface area contributed by atoms with E-state index in [0.717, 1.165) is 57.1 Å². The molecule has 24 heavy (non-hydrogen) atoms. The molecule has 142 valence electrons. The fraction of sp³-hybridized carbons (Fsp3) is 0.889. The molecule has 2 N–H and O–H groups in total. The van der Waals surface area contributed by atoms with Gasteiger partial charge in [-0.1, -0.05) is 26.7 Å². The smallest absolute Gasteiger partial charge is 0.230 e. The largest absolute Gasteiger partial charge is 0.357 e. The number of nitrogens with zero attached hydrogens (tertiary/aromatic N) is 2. The number of carbonyl (C=O) groups is 1. The molecule has 5 nitrogen and oxygen atoms in total. The van der Waals surface area contributed by atoms with Crippen LogP contribution in [0.1, 0.15) is 59.3 Å². The Hall–Kier alpha value is -0.530. The Kier molecular flexibility index (Phi) is 11.7. The van der Waals surface area contributed by atoms with Gasteiger partial charge in [0, 0.05) is 27.2 Å². The standard InChI is InChI=1S/C18H36N4O.HI/c1-6-19-17(20-13-9-10-15(2)3)21-14-18(11-7-8-12-18)16(23)22(4)5;/h15H,6-14H2,1-5H3,(H2,19,20,21);1H. The Bertz CT molecular complexity index is 390. The molecule has 0 aromatic heterocycles. The third-order valence-corrected chi connectivity index (χ3v) is 4.56. The Morgan fingerprint density at radius 3 is 2.33 bits per heavy atom. The van der Waals surface area contributed by atoms with Crippen molar-refractivity contribution in [2.24, 2.45) is 16.3 Å². The molecule has 0 spiro atoms. The summed E-state index contributed by atoms with van der Waals surface area (Å²) in [5.41, 5.74) is -0.288. The molecule has 1 rings (SSSR count). The highest BCUT2D eigenvalue weighted by Gasteiger charge is 2.41. The van der Waals surface area contributed by atoms with Crippen molar-refractivity contribution in [1.29, 1.82) is 0 Å². The summed E-state index contributed by atoms with van der Waals surface area (Å²) in [5.74, 6) is 1.80. The van der Waals surface area contributed by atoms with Gasteiger partial charge in [-0.15, -0.1) is 24.0 Å². The second-order valence-electron chi connectivity index (χ2n) is 7.35. The van der Waals surface area contributed by atoms with Crippen molar-refractivity contribution in [1.82, 2.24) is 15.5 Å². The van der Waals surface area contributed by atoms with Crippen LogP contribution in [-0.2, 0) is 4.79 Å². The number of amides is 1. The average Bonchev–Trinajstić information content (AvgIpc) is 2.98. The van der Waals surface area contributed by atoms with Crippen LogP contribution in [-0.4, -0.2) is 50.5 Å². The van der Waals surface area contributed by atoms with Crippen LogP contribution < -0.4 is 10.6 Å². The van der Waals surface area contributed by atoms with Gasteiger partial charge in [0.15, 0.2) is 5.96 Å². The zero-order chi connectivity index (χ0) is 17.3. The van der Waals surface area contributed by atoms with Crippen LogP contribution in [0.15, 0.2) is 4.99 Å². The Labute approximate surface area is 165 Å². The monoisotopic (exact) mass is 452 g/mol. The number of hydrogen-bond donors (Lipinski definition) is 2. The van der Waals surface area contributed by atoms with E-state index in [1.807, 2.05) is 14.1 Å². The van der Waals surface area contributed by atoms with Crippen LogP contribution in [0.25, 0.3) is 0 Å². The van der Waals surface area contributed by atoms with E-state index in [4.69, 9.17) is 4.99 Å². The quantitative estimate of drug-likeness (QED) is 0.257. The number of guanidine groups is 1. The summed E-state index contributed by atoms with van der Waals surface area (Å²) in [6.45, 7) is 8.92. The average molecular weight is 452 g/mol. The van der Waals surface area contributed by atoms with E-state index in [-0.39, 0.29) is 35.3 Å². The number of halogens is 1. The van der Waals surface area contributed by atoms with Crippen molar-refractivity contribution in [3.63, 3.8) is 0 Å². The van der Waals surface area contributed by atoms with Crippen LogP contribution in [0, 0.1) is 11.3 Å². The van der Waals surface area contributed by atoms with Gasteiger partial charge in [0.1, 0.15) is 0 Å². The minimum absolute atomic E-state index is 0. The van der Waals surface area contributed by atoms with Gasteiger partial charge in [0.25, 0.3) is 0 Å². The maximum Gasteiger partial charge on any atom is 0.230 e. The summed E-state index contributed by atoms with van der Waals surface area (Å²) < 4.78 is 0. The summed E-state index contributed by atoms with van der Waals surface area (Å²) in [7, 11) is 3.70. The molecule has 1 fully saturated rings. The summed E-state index contributed by atoms with van der Waals surface area (Å²) in [6.07, 6.45) is 6.54. The lowest BCUT2D eigenvalue weighted by atomic mass is 9.85. The topological polar surface area (TPSA) is 56.7 Å². The van der Waals surface area contributed by atoms with E-state index in [2.05, 4.69) is 31.4 Å². The highest BCUT2D eigenvalue weighted by atomic mass is 127. The molecule has 1 amide bonds. The highest BCUT2D eigenvalue weighted by molar-refractivity contribution is 14.0. The van der Waals surface area contributed by atoms with E-state index in [1.165, 1.54) is 6.42 Å². The summed E-state index contributed by atoms with van der Waals surface area (Å²) in [4.78, 5) is 19.0. The molecule has 0 aliphatic heterocycles. The lowest BCUT2D eigenvalue weighted by Crippen LogP contribution is -2.43. The van der Waals surface area contributed by atoms with E-state index in [1.54, 1.807) is 4.90 Å². The molecule has 6 heteroatoms. The van der Waals surface area contributed by atoms with E-state index < -0.39 is 0 Å². The molecule has 1 aliphatic carbocycles. The molecule has 0 aromatic rings. The van der Waals surface area contributed by atoms with E-state index in [0.29, 0.717) is 6.54 Å². The number of carbonyl (C=O) groups excluding carboxylic acids is 1. The van der Waals surface area contributed by atoms with Crippen LogP contribution in [0.3, 0.4) is 0 Å². The molecule has 1 aliphatic rings. The van der Waals surface area contributed by atoms with Crippen LogP contribution in [0.5, 0.6) is 0 Å². The predicted molar refractivity (Wildman–Crippen MR) is 113 cm³/mol. The van der Waals surface area contributed by atoms with Gasteiger partial charge in [-0.3, -0.25) is 9.79 Å². The second-order valence-corrected chi connectivity index (χ2v) is 7.35. The Balaban J connectivity index is 0.00000529. The zero-order valence-corrected chi connectivity index (χ0v) is 18.5. The fourth-order valence-corrected chi connectivity index (χ4v) is 3.25. The van der Waals surface area contributed by atoms with Gasteiger partial charge in [-0.25, -0.2) is 0 Å². The number of aliphatic imine (C=N–C) groups is 1. The first-order valence-corrected chi connectivity index (χ1v) is 9.15. The van der Waals surface area contributed by atoms with Crippen molar-refractivity contribution in [3.8, 4) is 0 Å². The van der Waals surface area contributed by atoms with Gasteiger partial charge in [0.2, 0.25) is 5.91 Å². The first-order chi connectivity index (χ1) is 10.9. The molecule has 0 bridgehead atoms. The highest BCUT2D eigenvalue weighted by Crippen LogP contribution is 2.39. The van der Waals surface area contributed by atoms with Gasteiger partial charge in [-0.2, -0.15) is 0 Å². The maximum absolute atomic E-state index is 12.6. The van der Waals surface area contributed by atoms with Crippen molar-refractivity contribution >= 4 is 35.8 Å². The van der Waals surface area contributed by atoms with Gasteiger partial charge in [-0.05, 0) is 38.5 Å². The lowest BCUT2D eigenvalue weighted by molar-refractivity contribution is -0.138. The summed E-state index contributed by atoms with van der Waals surface area (Å²) in [6, 6.07) is 0. The number of nitrogens with one attached hydrogen (secondary N) is 2. The molecule has 0 saturated heterocycles. The molecule has 0 aromatic carbocycles. The third kappa shape index (κ3) is 7.57. The third-order valence-electron chi connectivity index (χ3n) is 4.56. The molecule has 0 radical (unpaired) electrons. The summed E-state index contributed by atoms with van der Waals surface area (Å²) >= 11 is 0. The van der Waals surface area contributed by atoms with Crippen LogP contribution in [0.2, 0.25) is 0 Å². The van der Waals surface area contributed by atoms with Crippen molar-refractivity contribution < 1.29 is 4.79 Å². The minimum atomic E-state index is -0.288. The van der Waals surface area contributed by atoms with Crippen molar-refractivity contribution in [3.05, 3.63) is 0 Å². The fourth-order valence-electron chi connectivity index (χ4n) is 3.25. The van der Waals surface area contributed by atoms with Gasteiger partial charge < -0.3 is 15.5 Å². The Morgan fingerprint density at radius 1 is 1.21 bits per heavy atom. The lowest BCUT2D eigenvalue weighted by Gasteiger charge is -2.29. The molecular weight excluding hydrogens is 415 g/mol. The van der Waals surface area contributed by atoms with Gasteiger partial charge >= 0.3 is 0 Å².